The van der Waals surface area contributed by atoms with Gasteiger partial charge in [-0.25, -0.2) is 0 Å². The summed E-state index contributed by atoms with van der Waals surface area (Å²) >= 11 is 0. The van der Waals surface area contributed by atoms with Gasteiger partial charge in [0.05, 0.1) is 22.2 Å². The highest BCUT2D eigenvalue weighted by Crippen LogP contribution is 2.62. The largest absolute Gasteiger partial charge is 0.454 e. The van der Waals surface area contributed by atoms with Gasteiger partial charge in [0.1, 0.15) is 11.2 Å². The van der Waals surface area contributed by atoms with Gasteiger partial charge in [0.25, 0.3) is 0 Å². The van der Waals surface area contributed by atoms with Crippen molar-refractivity contribution in [1.82, 2.24) is 0 Å². The summed E-state index contributed by atoms with van der Waals surface area (Å²) in [6.07, 6.45) is 0. The zero-order valence-corrected chi connectivity index (χ0v) is 60.0. The van der Waals surface area contributed by atoms with Crippen molar-refractivity contribution in [2.24, 2.45) is 0 Å². The zero-order chi connectivity index (χ0) is 72.4. The number of anilines is 6. The minimum Gasteiger partial charge on any atom is -0.454 e. The molecule has 0 aliphatic heterocycles. The third-order valence-corrected chi connectivity index (χ3v) is 23.6. The Morgan fingerprint density at radius 1 is 0.200 bits per heavy atom. The van der Waals surface area contributed by atoms with Crippen molar-refractivity contribution < 1.29 is 8.83 Å². The molecular weight excluding hydrogens is 1330 g/mol. The molecule has 2 aliphatic rings. The van der Waals surface area contributed by atoms with Gasteiger partial charge in [-0.2, -0.15) is 0 Å². The van der Waals surface area contributed by atoms with Gasteiger partial charge >= 0.3 is 0 Å². The van der Waals surface area contributed by atoms with Gasteiger partial charge in [-0.3, -0.25) is 0 Å². The van der Waals surface area contributed by atoms with Crippen molar-refractivity contribution >= 4 is 99.5 Å². The standard InChI is InChI=1S/C106H68N2O2/c1-7-28-69(29-8-1)70-54-57-79(58-55-70)108(97-51-26-49-88-86-44-21-22-53-99(86)109-103(88)97)81-60-62-92-96(68-81)106(76-37-13-4-14-38-76,77-39-15-5-16-40-77)94-65-63-85-82(45-24-47-87(85)101(92)94)72-31-23-32-73(66-72)84-46-25-48-89-90-50-27-52-98(104(90)110-102(84)89)107(78-41-17-6-18-42-78)80-59-61-91-95(67-80)105(74-33-9-2-10-34-74,75-35-11-3-12-36-75)93-64-56-71-30-19-20-43-83(71)100(91)93/h1-68H. The molecule has 2 aliphatic carbocycles. The number of nitrogens with zero attached hydrogens (tertiary/aromatic N) is 2. The van der Waals surface area contributed by atoms with E-state index in [1.807, 2.05) is 0 Å². The fourth-order valence-corrected chi connectivity index (χ4v) is 18.9. The van der Waals surface area contributed by atoms with Crippen LogP contribution >= 0.6 is 0 Å². The number of para-hydroxylation sites is 5. The quantitative estimate of drug-likeness (QED) is 0.115. The van der Waals surface area contributed by atoms with Gasteiger partial charge in [-0.1, -0.05) is 340 Å². The van der Waals surface area contributed by atoms with Crippen LogP contribution in [0.25, 0.3) is 121 Å². The summed E-state index contributed by atoms with van der Waals surface area (Å²) < 4.78 is 14.5. The molecule has 2 heterocycles. The van der Waals surface area contributed by atoms with Crippen molar-refractivity contribution in [3.8, 4) is 55.6 Å². The first-order valence-corrected chi connectivity index (χ1v) is 37.9. The van der Waals surface area contributed by atoms with E-state index in [-0.39, 0.29) is 0 Å². The first kappa shape index (κ1) is 63.0. The van der Waals surface area contributed by atoms with Gasteiger partial charge in [0.2, 0.25) is 0 Å². The molecule has 2 aromatic heterocycles. The van der Waals surface area contributed by atoms with Crippen LogP contribution in [0.15, 0.2) is 421 Å². The molecule has 0 radical (unpaired) electrons. The van der Waals surface area contributed by atoms with Crippen molar-refractivity contribution in [1.29, 1.82) is 0 Å². The number of rotatable bonds is 13. The molecule has 0 saturated carbocycles. The fourth-order valence-electron chi connectivity index (χ4n) is 18.9. The number of benzene rings is 18. The number of fused-ring (bicyclic) bond motifs is 16. The van der Waals surface area contributed by atoms with E-state index in [9.17, 15) is 0 Å². The smallest absolute Gasteiger partial charge is 0.159 e. The molecule has 0 unspecified atom stereocenters. The topological polar surface area (TPSA) is 32.8 Å². The minimum atomic E-state index is -0.717. The Labute approximate surface area is 637 Å². The highest BCUT2D eigenvalue weighted by Gasteiger charge is 2.49. The van der Waals surface area contributed by atoms with Crippen LogP contribution in [0.3, 0.4) is 0 Å². The maximum Gasteiger partial charge on any atom is 0.159 e. The molecule has 20 aromatic rings. The third-order valence-electron chi connectivity index (χ3n) is 23.6. The Hall–Kier alpha value is -14.3. The maximum absolute atomic E-state index is 7.53. The summed E-state index contributed by atoms with van der Waals surface area (Å²) in [7, 11) is 0. The van der Waals surface area contributed by atoms with E-state index in [1.165, 1.54) is 93.9 Å². The molecule has 514 valence electrons. The van der Waals surface area contributed by atoms with Crippen molar-refractivity contribution in [2.75, 3.05) is 9.80 Å². The average Bonchev–Trinajstić information content (AvgIpc) is 1.53. The molecule has 0 N–H and O–H groups in total. The van der Waals surface area contributed by atoms with Crippen LogP contribution in [0, 0.1) is 0 Å². The Balaban J connectivity index is 0.694. The van der Waals surface area contributed by atoms with Crippen molar-refractivity contribution in [3.05, 3.63) is 457 Å². The summed E-state index contributed by atoms with van der Waals surface area (Å²) in [6.45, 7) is 0. The molecule has 0 fully saturated rings. The second-order valence-electron chi connectivity index (χ2n) is 29.2. The summed E-state index contributed by atoms with van der Waals surface area (Å²) in [5, 5.41) is 9.10. The van der Waals surface area contributed by atoms with E-state index in [0.29, 0.717) is 0 Å². The normalized spacial score (nSPS) is 13.1. The lowest BCUT2D eigenvalue weighted by Gasteiger charge is -2.35. The molecule has 4 heteroatoms. The predicted octanol–water partition coefficient (Wildman–Crippen LogP) is 28.5. The first-order chi connectivity index (χ1) is 54.6. The SMILES string of the molecule is c1ccc(-c2ccc(N(c3ccc4c(c3)C(c3ccccc3)(c3ccccc3)c3ccc5c(-c6cccc(-c7cccc8c7oc7c(N(c9ccccc9)c9ccc%10c(c9)C(c9ccccc9)(c9ccccc9)c9ccc%11ccccc%11c9-%10)cccc78)c6)cccc5c3-4)c3cccc4c3oc3ccccc34)cc2)cc1. The van der Waals surface area contributed by atoms with Crippen LogP contribution in [0.1, 0.15) is 44.5 Å². The van der Waals surface area contributed by atoms with E-state index >= 15 is 0 Å². The molecule has 18 aromatic carbocycles. The Morgan fingerprint density at radius 3 is 1.19 bits per heavy atom. The van der Waals surface area contributed by atoms with Crippen LogP contribution in [-0.2, 0) is 10.8 Å². The maximum atomic E-state index is 7.53. The summed E-state index contributed by atoms with van der Waals surface area (Å²) in [5.74, 6) is 0. The van der Waals surface area contributed by atoms with Crippen molar-refractivity contribution in [3.63, 3.8) is 0 Å². The summed E-state index contributed by atoms with van der Waals surface area (Å²) in [4.78, 5) is 4.80. The van der Waals surface area contributed by atoms with E-state index in [0.717, 1.165) is 106 Å². The van der Waals surface area contributed by atoms with E-state index in [2.05, 4.69) is 422 Å². The van der Waals surface area contributed by atoms with Gasteiger partial charge in [-0.15, -0.1) is 0 Å². The number of furan rings is 2. The van der Waals surface area contributed by atoms with Gasteiger partial charge in [0.15, 0.2) is 11.2 Å². The van der Waals surface area contributed by atoms with Crippen LogP contribution in [-0.4, -0.2) is 0 Å². The predicted molar refractivity (Wildman–Crippen MR) is 456 cm³/mol. The highest BCUT2D eigenvalue weighted by atomic mass is 16.3. The average molecular weight is 1400 g/mol. The lowest BCUT2D eigenvalue weighted by Crippen LogP contribution is -2.28. The molecule has 0 amide bonds. The Kier molecular flexibility index (Phi) is 14.4. The first-order valence-electron chi connectivity index (χ1n) is 37.9. The van der Waals surface area contributed by atoms with Crippen LogP contribution in [0.5, 0.6) is 0 Å². The van der Waals surface area contributed by atoms with E-state index < -0.39 is 10.8 Å². The summed E-state index contributed by atoms with van der Waals surface area (Å²) in [6, 6.07) is 152. The van der Waals surface area contributed by atoms with Gasteiger partial charge < -0.3 is 18.6 Å². The number of hydrogen-bond donors (Lipinski definition) is 0. The lowest BCUT2D eigenvalue weighted by atomic mass is 9.67. The Bertz CT molecular complexity index is 6930. The molecule has 110 heavy (non-hydrogen) atoms. The van der Waals surface area contributed by atoms with Crippen LogP contribution in [0.4, 0.5) is 34.1 Å². The van der Waals surface area contributed by atoms with Crippen LogP contribution < -0.4 is 9.80 Å². The number of hydrogen-bond acceptors (Lipinski definition) is 4. The van der Waals surface area contributed by atoms with Gasteiger partial charge in [0, 0.05) is 49.9 Å². The highest BCUT2D eigenvalue weighted by molar-refractivity contribution is 6.16. The zero-order valence-electron chi connectivity index (χ0n) is 60.0. The molecule has 0 spiro atoms. The van der Waals surface area contributed by atoms with Gasteiger partial charge in [-0.05, 0) is 189 Å². The molecule has 0 atom stereocenters. The second kappa shape index (κ2) is 25.2. The molecular formula is C106H68N2O2. The molecule has 22 rings (SSSR count). The van der Waals surface area contributed by atoms with E-state index in [4.69, 9.17) is 8.83 Å². The van der Waals surface area contributed by atoms with Crippen molar-refractivity contribution in [2.45, 2.75) is 10.8 Å². The molecule has 4 nitrogen and oxygen atoms in total. The molecule has 0 bridgehead atoms. The third kappa shape index (κ3) is 9.46. The summed E-state index contributed by atoms with van der Waals surface area (Å²) in [5.41, 5.74) is 29.4. The molecule has 0 saturated heterocycles. The monoisotopic (exact) mass is 1400 g/mol. The Morgan fingerprint density at radius 2 is 0.600 bits per heavy atom. The minimum absolute atomic E-state index is 0.626. The fraction of sp³-hybridized carbons (Fsp3) is 0.0189. The van der Waals surface area contributed by atoms with E-state index in [1.54, 1.807) is 0 Å². The van der Waals surface area contributed by atoms with Crippen LogP contribution in [0.2, 0.25) is 0 Å². The lowest BCUT2D eigenvalue weighted by molar-refractivity contribution is 0.669. The second-order valence-corrected chi connectivity index (χ2v) is 29.2.